The lowest BCUT2D eigenvalue weighted by Crippen LogP contribution is -2.46. The topological polar surface area (TPSA) is 82.5 Å². The van der Waals surface area contributed by atoms with Crippen LogP contribution in [-0.4, -0.2) is 39.6 Å². The number of nitrogens with one attached hydrogen (secondary N) is 1. The predicted octanol–water partition coefficient (Wildman–Crippen LogP) is 2.36. The zero-order valence-corrected chi connectivity index (χ0v) is 12.4. The number of pyridine rings is 1. The van der Waals surface area contributed by atoms with Gasteiger partial charge in [-0.25, -0.2) is 4.79 Å². The molecule has 2 rings (SSSR count). The van der Waals surface area contributed by atoms with Crippen LogP contribution >= 0.6 is 0 Å². The molecule has 0 spiro atoms. The summed E-state index contributed by atoms with van der Waals surface area (Å²) in [4.78, 5) is 28.7. The molecule has 1 aromatic rings. The lowest BCUT2D eigenvalue weighted by atomic mass is 9.94. The van der Waals surface area contributed by atoms with Crippen molar-refractivity contribution in [3.8, 4) is 0 Å². The van der Waals surface area contributed by atoms with Gasteiger partial charge in [0.2, 0.25) is 0 Å². The van der Waals surface area contributed by atoms with Gasteiger partial charge in [-0.3, -0.25) is 9.78 Å². The van der Waals surface area contributed by atoms with Crippen LogP contribution in [0.3, 0.4) is 0 Å². The van der Waals surface area contributed by atoms with Crippen molar-refractivity contribution >= 4 is 17.7 Å². The number of rotatable bonds is 3. The lowest BCUT2D eigenvalue weighted by Gasteiger charge is -2.36. The van der Waals surface area contributed by atoms with Crippen LogP contribution in [0.2, 0.25) is 0 Å². The molecule has 1 fully saturated rings. The highest BCUT2D eigenvalue weighted by molar-refractivity contribution is 5.89. The molecule has 2 unspecified atom stereocenters. The molecule has 0 saturated carbocycles. The van der Waals surface area contributed by atoms with Crippen molar-refractivity contribution in [2.24, 2.45) is 5.92 Å². The molecule has 0 radical (unpaired) electrons. The Balaban J connectivity index is 1.94. The van der Waals surface area contributed by atoms with Crippen molar-refractivity contribution < 1.29 is 14.7 Å². The van der Waals surface area contributed by atoms with Gasteiger partial charge in [-0.2, -0.15) is 0 Å². The van der Waals surface area contributed by atoms with Crippen LogP contribution in [0.1, 0.15) is 32.4 Å². The Labute approximate surface area is 124 Å². The highest BCUT2D eigenvalue weighted by Gasteiger charge is 2.26. The molecule has 2 heterocycles. The van der Waals surface area contributed by atoms with Gasteiger partial charge >= 0.3 is 12.0 Å². The maximum Gasteiger partial charge on any atom is 0.322 e. The van der Waals surface area contributed by atoms with Gasteiger partial charge in [-0.1, -0.05) is 6.92 Å². The van der Waals surface area contributed by atoms with Crippen LogP contribution in [0, 0.1) is 5.92 Å². The second-order valence-electron chi connectivity index (χ2n) is 5.71. The predicted molar refractivity (Wildman–Crippen MR) is 79.2 cm³/mol. The number of anilines is 1. The summed E-state index contributed by atoms with van der Waals surface area (Å²) in [7, 11) is 0. The first-order valence-electron chi connectivity index (χ1n) is 7.20. The number of piperidine rings is 1. The summed E-state index contributed by atoms with van der Waals surface area (Å²) in [5, 5.41) is 11.5. The van der Waals surface area contributed by atoms with E-state index in [-0.39, 0.29) is 18.5 Å². The molecule has 114 valence electrons. The van der Waals surface area contributed by atoms with Crippen LogP contribution < -0.4 is 5.32 Å². The van der Waals surface area contributed by atoms with Crippen LogP contribution in [-0.2, 0) is 11.2 Å². The number of carbonyl (C=O) groups excluding carboxylic acids is 1. The maximum absolute atomic E-state index is 12.2. The molecule has 1 saturated heterocycles. The number of likely N-dealkylation sites (tertiary alicyclic amines) is 1. The third-order valence-corrected chi connectivity index (χ3v) is 3.81. The highest BCUT2D eigenvalue weighted by Crippen LogP contribution is 2.22. The largest absolute Gasteiger partial charge is 0.481 e. The number of hydrogen-bond acceptors (Lipinski definition) is 3. The van der Waals surface area contributed by atoms with E-state index < -0.39 is 5.97 Å². The number of aromatic nitrogens is 1. The van der Waals surface area contributed by atoms with Crippen molar-refractivity contribution in [3.05, 3.63) is 24.0 Å². The van der Waals surface area contributed by atoms with Crippen molar-refractivity contribution in [2.45, 2.75) is 39.2 Å². The normalized spacial score (nSPS) is 21.9. The van der Waals surface area contributed by atoms with Crippen LogP contribution in [0.5, 0.6) is 0 Å². The van der Waals surface area contributed by atoms with Crippen LogP contribution in [0.15, 0.2) is 18.3 Å². The summed E-state index contributed by atoms with van der Waals surface area (Å²) in [5.74, 6) is -0.267. The van der Waals surface area contributed by atoms with Crippen molar-refractivity contribution in [1.82, 2.24) is 9.88 Å². The quantitative estimate of drug-likeness (QED) is 0.895. The number of carboxylic acid groups (broad SMARTS) is 1. The smallest absolute Gasteiger partial charge is 0.322 e. The van der Waals surface area contributed by atoms with Crippen molar-refractivity contribution in [1.29, 1.82) is 0 Å². The number of carbonyl (C=O) groups is 2. The molecule has 1 aromatic heterocycles. The van der Waals surface area contributed by atoms with Gasteiger partial charge in [0, 0.05) is 12.6 Å². The first-order chi connectivity index (χ1) is 9.95. The van der Waals surface area contributed by atoms with Crippen LogP contribution in [0.25, 0.3) is 0 Å². The van der Waals surface area contributed by atoms with Gasteiger partial charge in [0.15, 0.2) is 0 Å². The van der Waals surface area contributed by atoms with E-state index in [1.54, 1.807) is 12.1 Å². The minimum absolute atomic E-state index is 0.116. The third kappa shape index (κ3) is 4.18. The van der Waals surface area contributed by atoms with E-state index in [1.807, 2.05) is 4.90 Å². The van der Waals surface area contributed by atoms with Gasteiger partial charge in [0.05, 0.1) is 24.0 Å². The molecule has 0 aliphatic carbocycles. The average molecular weight is 291 g/mol. The highest BCUT2D eigenvalue weighted by atomic mass is 16.4. The van der Waals surface area contributed by atoms with E-state index in [1.165, 1.54) is 6.20 Å². The van der Waals surface area contributed by atoms with Gasteiger partial charge in [-0.05, 0) is 37.8 Å². The molecule has 1 aliphatic rings. The first kappa shape index (κ1) is 15.3. The molecular weight excluding hydrogens is 270 g/mol. The summed E-state index contributed by atoms with van der Waals surface area (Å²) < 4.78 is 0. The Morgan fingerprint density at radius 1 is 1.43 bits per heavy atom. The van der Waals surface area contributed by atoms with Crippen LogP contribution in [0.4, 0.5) is 10.5 Å². The molecule has 2 amide bonds. The average Bonchev–Trinajstić information content (AvgIpc) is 2.40. The Morgan fingerprint density at radius 2 is 2.19 bits per heavy atom. The lowest BCUT2D eigenvalue weighted by molar-refractivity contribution is -0.136. The second-order valence-corrected chi connectivity index (χ2v) is 5.71. The molecule has 1 aliphatic heterocycles. The van der Waals surface area contributed by atoms with E-state index in [4.69, 9.17) is 5.11 Å². The van der Waals surface area contributed by atoms with E-state index in [0.717, 1.165) is 19.4 Å². The summed E-state index contributed by atoms with van der Waals surface area (Å²) in [5.41, 5.74) is 1.06. The molecule has 2 atom stereocenters. The Kier molecular flexibility index (Phi) is 4.77. The Hall–Kier alpha value is -2.11. The fourth-order valence-electron chi connectivity index (χ4n) is 2.66. The molecule has 0 bridgehead atoms. The molecule has 6 heteroatoms. The maximum atomic E-state index is 12.2. The SMILES string of the molecule is CC1CCN(C(=O)Nc2ccc(CC(=O)O)nc2)C(C)C1. The molecule has 21 heavy (non-hydrogen) atoms. The summed E-state index contributed by atoms with van der Waals surface area (Å²) in [6, 6.07) is 3.40. The molecule has 6 nitrogen and oxygen atoms in total. The number of amides is 2. The third-order valence-electron chi connectivity index (χ3n) is 3.81. The molecule has 2 N–H and O–H groups in total. The van der Waals surface area contributed by atoms with Crippen molar-refractivity contribution in [2.75, 3.05) is 11.9 Å². The molecule has 0 aromatic carbocycles. The fraction of sp³-hybridized carbons (Fsp3) is 0.533. The number of urea groups is 1. The Bertz CT molecular complexity index is 515. The summed E-state index contributed by atoms with van der Waals surface area (Å²) in [6.45, 7) is 5.03. The van der Waals surface area contributed by atoms with Gasteiger partial charge in [0.1, 0.15) is 0 Å². The zero-order valence-electron chi connectivity index (χ0n) is 12.4. The van der Waals surface area contributed by atoms with E-state index in [0.29, 0.717) is 17.3 Å². The minimum Gasteiger partial charge on any atom is -0.481 e. The number of nitrogens with zero attached hydrogens (tertiary/aromatic N) is 2. The zero-order chi connectivity index (χ0) is 15.4. The van der Waals surface area contributed by atoms with E-state index >= 15 is 0 Å². The Morgan fingerprint density at radius 3 is 2.76 bits per heavy atom. The van der Waals surface area contributed by atoms with Crippen molar-refractivity contribution in [3.63, 3.8) is 0 Å². The number of carboxylic acids is 1. The second kappa shape index (κ2) is 6.56. The number of aliphatic carboxylic acids is 1. The number of hydrogen-bond donors (Lipinski definition) is 2. The monoisotopic (exact) mass is 291 g/mol. The van der Waals surface area contributed by atoms with Gasteiger partial charge in [0.25, 0.3) is 0 Å². The van der Waals surface area contributed by atoms with Gasteiger partial charge < -0.3 is 15.3 Å². The summed E-state index contributed by atoms with van der Waals surface area (Å²) in [6.07, 6.45) is 3.42. The standard InChI is InChI=1S/C15H21N3O3/c1-10-5-6-18(11(2)7-10)15(21)17-13-4-3-12(16-9-13)8-14(19)20/h3-4,9-11H,5-8H2,1-2H3,(H,17,21)(H,19,20). The van der Waals surface area contributed by atoms with E-state index in [9.17, 15) is 9.59 Å². The van der Waals surface area contributed by atoms with Gasteiger partial charge in [-0.15, -0.1) is 0 Å². The first-order valence-corrected chi connectivity index (χ1v) is 7.20. The summed E-state index contributed by atoms with van der Waals surface area (Å²) >= 11 is 0. The molecular formula is C15H21N3O3. The fourth-order valence-corrected chi connectivity index (χ4v) is 2.66. The minimum atomic E-state index is -0.921. The van der Waals surface area contributed by atoms with E-state index in [2.05, 4.69) is 24.1 Å².